The first-order valence-electron chi connectivity index (χ1n) is 7.08. The molecule has 19 heavy (non-hydrogen) atoms. The van der Waals surface area contributed by atoms with Crippen LogP contribution in [-0.2, 0) is 9.59 Å². The Labute approximate surface area is 115 Å². The highest BCUT2D eigenvalue weighted by Gasteiger charge is 2.29. The Hall–Kier alpha value is -1.14. The van der Waals surface area contributed by atoms with Gasteiger partial charge in [-0.25, -0.2) is 0 Å². The lowest BCUT2D eigenvalue weighted by molar-refractivity contribution is -0.129. The van der Waals surface area contributed by atoms with Crippen LogP contribution in [0.4, 0.5) is 0 Å². The lowest BCUT2D eigenvalue weighted by Crippen LogP contribution is -2.51. The molecule has 6 heteroatoms. The van der Waals surface area contributed by atoms with Crippen molar-refractivity contribution in [2.24, 2.45) is 11.7 Å². The number of carbonyl (C=O) groups excluding carboxylic acids is 2. The van der Waals surface area contributed by atoms with Crippen LogP contribution in [0.5, 0.6) is 0 Å². The maximum absolute atomic E-state index is 11.8. The van der Waals surface area contributed by atoms with E-state index in [4.69, 9.17) is 5.73 Å². The molecule has 110 valence electrons. The average Bonchev–Trinajstić information content (AvgIpc) is 2.42. The van der Waals surface area contributed by atoms with Crippen LogP contribution < -0.4 is 16.6 Å². The summed E-state index contributed by atoms with van der Waals surface area (Å²) in [6, 6.07) is 0.381. The topological polar surface area (TPSA) is 87.5 Å². The van der Waals surface area contributed by atoms with Gasteiger partial charge in [0.1, 0.15) is 0 Å². The van der Waals surface area contributed by atoms with Crippen molar-refractivity contribution >= 4 is 11.8 Å². The van der Waals surface area contributed by atoms with Crippen LogP contribution in [0.3, 0.4) is 0 Å². The van der Waals surface area contributed by atoms with Crippen LogP contribution in [-0.4, -0.2) is 42.4 Å². The van der Waals surface area contributed by atoms with E-state index in [0.717, 1.165) is 19.4 Å². The van der Waals surface area contributed by atoms with Crippen LogP contribution in [0.1, 0.15) is 39.5 Å². The van der Waals surface area contributed by atoms with Crippen molar-refractivity contribution in [1.29, 1.82) is 0 Å². The summed E-state index contributed by atoms with van der Waals surface area (Å²) in [5.74, 6) is 0.0227. The molecule has 0 aromatic carbocycles. The largest absolute Gasteiger partial charge is 0.330 e. The number of amides is 2. The van der Waals surface area contributed by atoms with Crippen molar-refractivity contribution in [3.8, 4) is 0 Å². The lowest BCUT2D eigenvalue weighted by Gasteiger charge is -2.38. The summed E-state index contributed by atoms with van der Waals surface area (Å²) in [4.78, 5) is 24.7. The summed E-state index contributed by atoms with van der Waals surface area (Å²) in [5, 5.41) is 0. The number of nitrogens with zero attached hydrogens (tertiary/aromatic N) is 1. The maximum Gasteiger partial charge on any atom is 0.252 e. The molecule has 2 amide bonds. The molecular weight excluding hydrogens is 244 g/mol. The molecule has 4 N–H and O–H groups in total. The summed E-state index contributed by atoms with van der Waals surface area (Å²) < 4.78 is 0. The van der Waals surface area contributed by atoms with Crippen molar-refractivity contribution in [3.63, 3.8) is 0 Å². The number of rotatable bonds is 5. The molecule has 0 aromatic heterocycles. The molecule has 0 heterocycles. The molecule has 0 aliphatic heterocycles. The first kappa shape index (κ1) is 15.9. The Balaban J connectivity index is 2.51. The van der Waals surface area contributed by atoms with Crippen molar-refractivity contribution in [1.82, 2.24) is 15.8 Å². The number of carbonyl (C=O) groups is 2. The van der Waals surface area contributed by atoms with E-state index < -0.39 is 0 Å². The molecule has 0 saturated heterocycles. The van der Waals surface area contributed by atoms with E-state index in [9.17, 15) is 9.59 Å². The van der Waals surface area contributed by atoms with Crippen molar-refractivity contribution in [3.05, 3.63) is 0 Å². The van der Waals surface area contributed by atoms with E-state index in [-0.39, 0.29) is 11.8 Å². The van der Waals surface area contributed by atoms with E-state index >= 15 is 0 Å². The molecular formula is C13H26N4O2. The van der Waals surface area contributed by atoms with Gasteiger partial charge in [-0.15, -0.1) is 0 Å². The number of nitrogens with one attached hydrogen (secondary N) is 2. The Morgan fingerprint density at radius 1 is 1.26 bits per heavy atom. The van der Waals surface area contributed by atoms with Crippen molar-refractivity contribution < 1.29 is 9.59 Å². The molecule has 1 aliphatic rings. The minimum absolute atomic E-state index is 0.182. The zero-order chi connectivity index (χ0) is 14.3. The molecule has 1 saturated carbocycles. The normalized spacial score (nSPS) is 23.2. The number of hydrazine groups is 1. The summed E-state index contributed by atoms with van der Waals surface area (Å²) in [5.41, 5.74) is 10.6. The summed E-state index contributed by atoms with van der Waals surface area (Å²) in [6.45, 7) is 5.21. The van der Waals surface area contributed by atoms with Gasteiger partial charge in [0.2, 0.25) is 5.91 Å². The van der Waals surface area contributed by atoms with E-state index in [1.807, 2.05) is 6.92 Å². The van der Waals surface area contributed by atoms with Crippen LogP contribution in [0.15, 0.2) is 0 Å². The highest BCUT2D eigenvalue weighted by molar-refractivity contribution is 5.81. The number of hydrogen-bond acceptors (Lipinski definition) is 4. The fourth-order valence-corrected chi connectivity index (χ4v) is 2.79. The molecule has 1 aliphatic carbocycles. The third-order valence-corrected chi connectivity index (χ3v) is 3.77. The Morgan fingerprint density at radius 2 is 1.95 bits per heavy atom. The van der Waals surface area contributed by atoms with Gasteiger partial charge in [-0.3, -0.25) is 25.3 Å². The quantitative estimate of drug-likeness (QED) is 0.613. The molecule has 0 spiro atoms. The summed E-state index contributed by atoms with van der Waals surface area (Å²) in [6.07, 6.45) is 4.67. The highest BCUT2D eigenvalue weighted by atomic mass is 16.2. The van der Waals surface area contributed by atoms with Crippen LogP contribution in [0.25, 0.3) is 0 Å². The van der Waals surface area contributed by atoms with Gasteiger partial charge in [-0.2, -0.15) is 0 Å². The van der Waals surface area contributed by atoms with Gasteiger partial charge in [-0.1, -0.05) is 19.8 Å². The van der Waals surface area contributed by atoms with Crippen molar-refractivity contribution in [2.45, 2.75) is 45.6 Å². The zero-order valence-electron chi connectivity index (χ0n) is 11.9. The number of nitrogens with two attached hydrogens (primary N) is 1. The van der Waals surface area contributed by atoms with Gasteiger partial charge < -0.3 is 5.73 Å². The predicted octanol–water partition coefficient (Wildman–Crippen LogP) is -0.00690. The van der Waals surface area contributed by atoms with Gasteiger partial charge >= 0.3 is 0 Å². The molecule has 1 fully saturated rings. The second-order valence-electron chi connectivity index (χ2n) is 5.14. The van der Waals surface area contributed by atoms with Gasteiger partial charge in [0.25, 0.3) is 5.91 Å². The number of likely N-dealkylation sites (N-methyl/N-ethyl adjacent to an activating group) is 1. The predicted molar refractivity (Wildman–Crippen MR) is 74.0 cm³/mol. The first-order chi connectivity index (χ1) is 9.08. The van der Waals surface area contributed by atoms with Crippen molar-refractivity contribution in [2.75, 3.05) is 19.6 Å². The SMILES string of the molecule is CCN(CC(=O)NNC(C)=O)C1CCCCC1CN. The zero-order valence-corrected chi connectivity index (χ0v) is 11.9. The third kappa shape index (κ3) is 5.16. The molecule has 6 nitrogen and oxygen atoms in total. The third-order valence-electron chi connectivity index (χ3n) is 3.77. The number of hydrogen-bond donors (Lipinski definition) is 3. The second-order valence-corrected chi connectivity index (χ2v) is 5.14. The minimum Gasteiger partial charge on any atom is -0.330 e. The van der Waals surface area contributed by atoms with E-state index in [2.05, 4.69) is 15.8 Å². The van der Waals surface area contributed by atoms with Crippen LogP contribution >= 0.6 is 0 Å². The molecule has 0 radical (unpaired) electrons. The standard InChI is InChI=1S/C13H26N4O2/c1-3-17(9-13(19)16-15-10(2)18)12-7-5-4-6-11(12)8-14/h11-12H,3-9,14H2,1-2H3,(H,15,18)(H,16,19). The van der Waals surface area contributed by atoms with Crippen LogP contribution in [0, 0.1) is 5.92 Å². The summed E-state index contributed by atoms with van der Waals surface area (Å²) >= 11 is 0. The van der Waals surface area contributed by atoms with Gasteiger partial charge in [0.05, 0.1) is 6.54 Å². The van der Waals surface area contributed by atoms with E-state index in [1.54, 1.807) is 0 Å². The highest BCUT2D eigenvalue weighted by Crippen LogP contribution is 2.27. The van der Waals surface area contributed by atoms with Gasteiger partial charge in [-0.05, 0) is 31.8 Å². The Bertz CT molecular complexity index is 309. The Morgan fingerprint density at radius 3 is 2.53 bits per heavy atom. The molecule has 0 bridgehead atoms. The summed E-state index contributed by atoms with van der Waals surface area (Å²) in [7, 11) is 0. The Kier molecular flexibility index (Phi) is 6.80. The molecule has 2 unspecified atom stereocenters. The van der Waals surface area contributed by atoms with Crippen LogP contribution in [0.2, 0.25) is 0 Å². The average molecular weight is 270 g/mol. The van der Waals surface area contributed by atoms with E-state index in [0.29, 0.717) is 25.0 Å². The first-order valence-corrected chi connectivity index (χ1v) is 7.08. The van der Waals surface area contributed by atoms with Gasteiger partial charge in [0, 0.05) is 13.0 Å². The van der Waals surface area contributed by atoms with E-state index in [1.165, 1.54) is 19.8 Å². The lowest BCUT2D eigenvalue weighted by atomic mass is 9.83. The molecule has 0 aromatic rings. The molecule has 2 atom stereocenters. The minimum atomic E-state index is -0.270. The monoisotopic (exact) mass is 270 g/mol. The molecule has 1 rings (SSSR count). The fourth-order valence-electron chi connectivity index (χ4n) is 2.79. The second kappa shape index (κ2) is 8.12. The fraction of sp³-hybridized carbons (Fsp3) is 0.846. The van der Waals surface area contributed by atoms with Gasteiger partial charge in [0.15, 0.2) is 0 Å². The maximum atomic E-state index is 11.8. The smallest absolute Gasteiger partial charge is 0.252 e.